The van der Waals surface area contributed by atoms with Crippen molar-refractivity contribution in [3.05, 3.63) is 118 Å². The Kier molecular flexibility index (Phi) is 17.8. The molecule has 0 unspecified atom stereocenters. The van der Waals surface area contributed by atoms with Crippen molar-refractivity contribution in [1.82, 2.24) is 54.4 Å². The molecule has 66 heavy (non-hydrogen) atoms. The molecule has 8 rings (SSSR count). The lowest BCUT2D eigenvalue weighted by Crippen LogP contribution is -2.50. The van der Waals surface area contributed by atoms with Gasteiger partial charge in [-0.05, 0) is 78.3 Å². The van der Waals surface area contributed by atoms with E-state index < -0.39 is 0 Å². The van der Waals surface area contributed by atoms with Crippen molar-refractivity contribution >= 4 is 62.6 Å². The van der Waals surface area contributed by atoms with Gasteiger partial charge in [0.2, 0.25) is 29.9 Å². The second kappa shape index (κ2) is 23.6. The minimum Gasteiger partial charge on any atom is -0.336 e. The summed E-state index contributed by atoms with van der Waals surface area (Å²) in [5.74, 6) is 2.66. The van der Waals surface area contributed by atoms with Gasteiger partial charge in [-0.25, -0.2) is 19.9 Å². The number of amides is 2. The molecular formula is C48H63BrClN14O2+. The van der Waals surface area contributed by atoms with Crippen molar-refractivity contribution in [2.24, 2.45) is 25.9 Å². The minimum atomic E-state index is 0.210. The molecule has 2 aliphatic rings. The maximum atomic E-state index is 12.6. The van der Waals surface area contributed by atoms with Crippen LogP contribution in [-0.2, 0) is 36.8 Å². The molecule has 6 aromatic rings. The van der Waals surface area contributed by atoms with Gasteiger partial charge in [0.05, 0.1) is 36.9 Å². The van der Waals surface area contributed by atoms with Crippen LogP contribution in [0, 0.1) is 25.7 Å². The average molecular weight is 983 g/mol. The van der Waals surface area contributed by atoms with E-state index in [0.29, 0.717) is 48.5 Å². The molecular weight excluding hydrogens is 920 g/mol. The Morgan fingerprint density at radius 2 is 1.35 bits per heavy atom. The lowest BCUT2D eigenvalue weighted by molar-refractivity contribution is -0.726. The fraction of sp³-hybridized carbons (Fsp3) is 0.417. The first-order valence-electron chi connectivity index (χ1n) is 22.3. The van der Waals surface area contributed by atoms with Gasteiger partial charge in [0.25, 0.3) is 0 Å². The molecule has 0 radical (unpaired) electrons. The van der Waals surface area contributed by atoms with E-state index >= 15 is 0 Å². The summed E-state index contributed by atoms with van der Waals surface area (Å²) < 4.78 is 4.63. The van der Waals surface area contributed by atoms with E-state index in [1.165, 1.54) is 16.7 Å². The number of anilines is 4. The van der Waals surface area contributed by atoms with Crippen LogP contribution in [0.5, 0.6) is 0 Å². The van der Waals surface area contributed by atoms with Gasteiger partial charge in [-0.3, -0.25) is 24.1 Å². The SMILES string of the molecule is C[n+]1cc(Nc2nccc(Cl)n2)c[nH]1.Cc1cc(-c2ccnc(Nc3cnn(C)c3)n2)ccc1CN1CCN(CC(C)C)CC1=O.Cc1cc(Br)ccc1CN1CCN(CC(C)C)CC1=O. The molecule has 0 spiro atoms. The van der Waals surface area contributed by atoms with Crippen LogP contribution in [-0.4, -0.2) is 119 Å². The zero-order valence-corrected chi connectivity index (χ0v) is 41.6. The van der Waals surface area contributed by atoms with Gasteiger partial charge in [-0.2, -0.15) is 10.2 Å². The number of nitrogens with one attached hydrogen (secondary N) is 3. The first-order valence-corrected chi connectivity index (χ1v) is 23.5. The summed E-state index contributed by atoms with van der Waals surface area (Å²) in [4.78, 5) is 50.3. The number of rotatable bonds is 13. The van der Waals surface area contributed by atoms with E-state index in [9.17, 15) is 9.59 Å². The van der Waals surface area contributed by atoms with Crippen LogP contribution in [0.4, 0.5) is 23.3 Å². The number of benzene rings is 2. The highest BCUT2D eigenvalue weighted by Crippen LogP contribution is 2.24. The molecule has 4 aromatic heterocycles. The largest absolute Gasteiger partial charge is 0.336 e. The van der Waals surface area contributed by atoms with Crippen molar-refractivity contribution in [2.75, 3.05) is 63.0 Å². The molecule has 0 saturated carbocycles. The average Bonchev–Trinajstić information content (AvgIpc) is 3.87. The molecule has 16 nitrogen and oxygen atoms in total. The maximum Gasteiger partial charge on any atom is 0.237 e. The molecule has 2 saturated heterocycles. The van der Waals surface area contributed by atoms with Crippen LogP contribution < -0.4 is 15.3 Å². The van der Waals surface area contributed by atoms with Crippen LogP contribution in [0.25, 0.3) is 11.3 Å². The zero-order chi connectivity index (χ0) is 47.3. The lowest BCUT2D eigenvalue weighted by atomic mass is 10.0. The smallest absolute Gasteiger partial charge is 0.237 e. The fourth-order valence-electron chi connectivity index (χ4n) is 7.72. The highest BCUT2D eigenvalue weighted by Gasteiger charge is 2.26. The summed E-state index contributed by atoms with van der Waals surface area (Å²) in [5.41, 5.74) is 8.39. The number of aromatic amines is 1. The molecule has 2 aliphatic heterocycles. The van der Waals surface area contributed by atoms with E-state index in [-0.39, 0.29) is 11.8 Å². The quantitative estimate of drug-likeness (QED) is 0.0787. The first-order chi connectivity index (χ1) is 31.6. The minimum absolute atomic E-state index is 0.210. The van der Waals surface area contributed by atoms with Crippen molar-refractivity contribution in [2.45, 2.75) is 54.6 Å². The van der Waals surface area contributed by atoms with Gasteiger partial charge in [0.1, 0.15) is 10.8 Å². The second-order valence-corrected chi connectivity index (χ2v) is 19.0. The first kappa shape index (κ1) is 49.7. The fourth-order valence-corrected chi connectivity index (χ4v) is 8.33. The van der Waals surface area contributed by atoms with Gasteiger partial charge in [0.15, 0.2) is 7.05 Å². The number of carbonyl (C=O) groups is 2. The van der Waals surface area contributed by atoms with Gasteiger partial charge >= 0.3 is 0 Å². The van der Waals surface area contributed by atoms with Gasteiger partial charge in [0, 0.05) is 88.0 Å². The summed E-state index contributed by atoms with van der Waals surface area (Å²) in [7, 11) is 3.76. The number of halogens is 2. The van der Waals surface area contributed by atoms with Gasteiger partial charge in [-0.15, -0.1) is 4.68 Å². The monoisotopic (exact) mass is 981 g/mol. The Morgan fingerprint density at radius 3 is 1.86 bits per heavy atom. The highest BCUT2D eigenvalue weighted by molar-refractivity contribution is 9.10. The number of aryl methyl sites for hydroxylation is 4. The molecule has 2 aromatic carbocycles. The Bertz CT molecular complexity index is 2540. The van der Waals surface area contributed by atoms with Crippen molar-refractivity contribution in [1.29, 1.82) is 0 Å². The van der Waals surface area contributed by atoms with Gasteiger partial charge < -0.3 is 20.4 Å². The molecule has 350 valence electrons. The molecule has 3 N–H and O–H groups in total. The van der Waals surface area contributed by atoms with Crippen molar-refractivity contribution in [3.8, 4) is 11.3 Å². The summed E-state index contributed by atoms with van der Waals surface area (Å²) >= 11 is 9.19. The molecule has 0 atom stereocenters. The predicted octanol–water partition coefficient (Wildman–Crippen LogP) is 7.31. The Labute approximate surface area is 401 Å². The number of aromatic nitrogens is 8. The van der Waals surface area contributed by atoms with E-state index in [1.54, 1.807) is 29.3 Å². The van der Waals surface area contributed by atoms with E-state index in [1.807, 2.05) is 59.3 Å². The van der Waals surface area contributed by atoms with E-state index in [2.05, 4.69) is 138 Å². The number of hydrogen-bond donors (Lipinski definition) is 3. The Morgan fingerprint density at radius 1 is 0.773 bits per heavy atom. The standard InChI is InChI=1S/C24H31N7O.C16H23BrN2O.C8H8ClN5/c1-17(2)13-30-9-10-31(23(32)16-30)14-20-6-5-19(11-18(20)3)22-7-8-25-24(28-22)27-21-12-26-29(4)15-21;1-12(2)9-18-6-7-19(16(20)11-18)10-14-4-5-15(17)8-13(14)3;1-14-5-6(4-11-14)12-8-10-3-2-7(9)13-8/h5-8,11-12,15,17H,9-10,13-14,16H2,1-4H3,(H,25,27,28);4-5,8,12H,6-7,9-11H2,1-3H3;2-5H,1H3,(H,10,12,13)/p+1. The van der Waals surface area contributed by atoms with Crippen LogP contribution in [0.15, 0.2) is 90.2 Å². The van der Waals surface area contributed by atoms with Crippen molar-refractivity contribution in [3.63, 3.8) is 0 Å². The summed E-state index contributed by atoms with van der Waals surface area (Å²) in [6.45, 7) is 21.0. The third-order valence-corrected chi connectivity index (χ3v) is 11.7. The third kappa shape index (κ3) is 15.2. The van der Waals surface area contributed by atoms with Crippen LogP contribution >= 0.6 is 27.5 Å². The topological polar surface area (TPSA) is 160 Å². The molecule has 0 bridgehead atoms. The molecule has 2 amide bonds. The third-order valence-electron chi connectivity index (χ3n) is 11.0. The molecule has 2 fully saturated rings. The van der Waals surface area contributed by atoms with E-state index in [4.69, 9.17) is 11.6 Å². The van der Waals surface area contributed by atoms with Gasteiger partial charge in [-0.1, -0.05) is 73.4 Å². The number of carbonyl (C=O) groups excluding carboxylic acids is 2. The maximum absolute atomic E-state index is 12.6. The van der Waals surface area contributed by atoms with Crippen LogP contribution in [0.2, 0.25) is 5.15 Å². The summed E-state index contributed by atoms with van der Waals surface area (Å²) in [6.07, 6.45) is 10.6. The number of piperazine rings is 2. The van der Waals surface area contributed by atoms with Crippen LogP contribution in [0.1, 0.15) is 49.9 Å². The Hall–Kier alpha value is -5.75. The predicted molar refractivity (Wildman–Crippen MR) is 263 cm³/mol. The molecule has 0 aliphatic carbocycles. The number of hydrogen-bond acceptors (Lipinski definition) is 11. The zero-order valence-electron chi connectivity index (χ0n) is 39.3. The molecule has 6 heterocycles. The van der Waals surface area contributed by atoms with Crippen molar-refractivity contribution < 1.29 is 14.3 Å². The summed E-state index contributed by atoms with van der Waals surface area (Å²) in [5, 5.41) is 13.7. The second-order valence-electron chi connectivity index (χ2n) is 17.7. The number of H-pyrrole nitrogens is 1. The Balaban J connectivity index is 0.000000180. The number of nitrogens with zero attached hydrogens (tertiary/aromatic N) is 11. The highest BCUT2D eigenvalue weighted by atomic mass is 79.9. The lowest BCUT2D eigenvalue weighted by Gasteiger charge is -2.35. The normalized spacial score (nSPS) is 14.5. The summed E-state index contributed by atoms with van der Waals surface area (Å²) in [6, 6.07) is 16.1. The van der Waals surface area contributed by atoms with E-state index in [0.717, 1.165) is 78.5 Å². The molecule has 18 heteroatoms. The van der Waals surface area contributed by atoms with Crippen LogP contribution in [0.3, 0.4) is 0 Å².